The SMILES string of the molecule is CN(CCO)C[C@@H](O)CCCCCCC(=O)O. The normalized spacial score (nSPS) is 12.9. The van der Waals surface area contributed by atoms with Crippen LogP contribution >= 0.6 is 0 Å². The minimum Gasteiger partial charge on any atom is -0.481 e. The highest BCUT2D eigenvalue weighted by atomic mass is 16.4. The molecule has 0 aromatic rings. The Morgan fingerprint density at radius 1 is 1.24 bits per heavy atom. The Hall–Kier alpha value is -0.650. The van der Waals surface area contributed by atoms with E-state index in [1.165, 1.54) is 0 Å². The number of unbranched alkanes of at least 4 members (excludes halogenated alkanes) is 3. The molecule has 0 rings (SSSR count). The van der Waals surface area contributed by atoms with Crippen LogP contribution in [0.3, 0.4) is 0 Å². The highest BCUT2D eigenvalue weighted by Crippen LogP contribution is 2.08. The molecule has 0 saturated carbocycles. The number of carboxylic acid groups (broad SMARTS) is 1. The molecule has 0 aromatic carbocycles. The number of aliphatic hydroxyl groups excluding tert-OH is 2. The summed E-state index contributed by atoms with van der Waals surface area (Å²) in [5.41, 5.74) is 0. The quantitative estimate of drug-likeness (QED) is 0.468. The van der Waals surface area contributed by atoms with Crippen LogP contribution in [0.5, 0.6) is 0 Å². The summed E-state index contributed by atoms with van der Waals surface area (Å²) in [6.07, 6.45) is 4.14. The molecule has 0 bridgehead atoms. The van der Waals surface area contributed by atoms with E-state index in [9.17, 15) is 9.90 Å². The predicted octanol–water partition coefficient (Wildman–Crippen LogP) is 0.697. The Morgan fingerprint density at radius 3 is 2.47 bits per heavy atom. The third-order valence-corrected chi connectivity index (χ3v) is 2.68. The Bertz CT molecular complexity index is 199. The van der Waals surface area contributed by atoms with E-state index < -0.39 is 5.97 Å². The van der Waals surface area contributed by atoms with Gasteiger partial charge in [0.05, 0.1) is 12.7 Å². The standard InChI is InChI=1S/C12H25NO4/c1-13(8-9-14)10-11(15)6-4-2-3-5-7-12(16)17/h11,14-15H,2-10H2,1H3,(H,16,17)/t11-/m0/s1. The summed E-state index contributed by atoms with van der Waals surface area (Å²) in [6.45, 7) is 1.27. The lowest BCUT2D eigenvalue weighted by atomic mass is 10.1. The van der Waals surface area contributed by atoms with Crippen molar-refractivity contribution in [3.63, 3.8) is 0 Å². The molecule has 0 fully saturated rings. The molecule has 1 atom stereocenters. The van der Waals surface area contributed by atoms with Crippen LogP contribution in [0.15, 0.2) is 0 Å². The van der Waals surface area contributed by atoms with Gasteiger partial charge in [-0.2, -0.15) is 0 Å². The highest BCUT2D eigenvalue weighted by molar-refractivity contribution is 5.66. The summed E-state index contributed by atoms with van der Waals surface area (Å²) in [4.78, 5) is 12.2. The number of hydrogen-bond acceptors (Lipinski definition) is 4. The van der Waals surface area contributed by atoms with E-state index in [-0.39, 0.29) is 19.1 Å². The average Bonchev–Trinajstić information content (AvgIpc) is 2.23. The fourth-order valence-corrected chi connectivity index (χ4v) is 1.72. The van der Waals surface area contributed by atoms with Gasteiger partial charge in [-0.05, 0) is 19.9 Å². The fourth-order valence-electron chi connectivity index (χ4n) is 1.72. The third kappa shape index (κ3) is 11.6. The second-order valence-corrected chi connectivity index (χ2v) is 4.49. The first-order chi connectivity index (χ1) is 8.06. The summed E-state index contributed by atoms with van der Waals surface area (Å²) in [5.74, 6) is -0.740. The van der Waals surface area contributed by atoms with Crippen molar-refractivity contribution in [1.82, 2.24) is 4.90 Å². The maximum absolute atomic E-state index is 10.3. The molecule has 0 aliphatic heterocycles. The molecule has 5 heteroatoms. The molecule has 0 aromatic heterocycles. The van der Waals surface area contributed by atoms with Crippen LogP contribution in [0.1, 0.15) is 38.5 Å². The molecule has 0 spiro atoms. The zero-order valence-corrected chi connectivity index (χ0v) is 10.6. The second-order valence-electron chi connectivity index (χ2n) is 4.49. The van der Waals surface area contributed by atoms with Gasteiger partial charge in [-0.3, -0.25) is 4.79 Å². The summed E-state index contributed by atoms with van der Waals surface area (Å²) >= 11 is 0. The number of carbonyl (C=O) groups is 1. The lowest BCUT2D eigenvalue weighted by Gasteiger charge is -2.19. The highest BCUT2D eigenvalue weighted by Gasteiger charge is 2.07. The van der Waals surface area contributed by atoms with Gasteiger partial charge in [0, 0.05) is 19.5 Å². The van der Waals surface area contributed by atoms with Crippen molar-refractivity contribution in [3.05, 3.63) is 0 Å². The van der Waals surface area contributed by atoms with Crippen LogP contribution in [-0.4, -0.2) is 59.0 Å². The number of carboxylic acids is 1. The largest absolute Gasteiger partial charge is 0.481 e. The van der Waals surface area contributed by atoms with Gasteiger partial charge in [0.1, 0.15) is 0 Å². The molecule has 0 unspecified atom stereocenters. The van der Waals surface area contributed by atoms with Crippen molar-refractivity contribution in [2.45, 2.75) is 44.6 Å². The molecular formula is C12H25NO4. The van der Waals surface area contributed by atoms with Gasteiger partial charge in [0.2, 0.25) is 0 Å². The first kappa shape index (κ1) is 16.4. The van der Waals surface area contributed by atoms with Gasteiger partial charge in [-0.25, -0.2) is 0 Å². The van der Waals surface area contributed by atoms with E-state index >= 15 is 0 Å². The van der Waals surface area contributed by atoms with Crippen LogP contribution in [-0.2, 0) is 4.79 Å². The maximum atomic E-state index is 10.3. The monoisotopic (exact) mass is 247 g/mol. The first-order valence-corrected chi connectivity index (χ1v) is 6.25. The molecular weight excluding hydrogens is 222 g/mol. The predicted molar refractivity (Wildman–Crippen MR) is 65.9 cm³/mol. The molecule has 3 N–H and O–H groups in total. The minimum absolute atomic E-state index is 0.110. The van der Waals surface area contributed by atoms with Crippen molar-refractivity contribution in [3.8, 4) is 0 Å². The summed E-state index contributed by atoms with van der Waals surface area (Å²) in [5, 5.41) is 26.8. The number of aliphatic hydroxyl groups is 2. The lowest BCUT2D eigenvalue weighted by molar-refractivity contribution is -0.137. The van der Waals surface area contributed by atoms with E-state index in [1.807, 2.05) is 11.9 Å². The third-order valence-electron chi connectivity index (χ3n) is 2.68. The van der Waals surface area contributed by atoms with Gasteiger partial charge >= 0.3 is 5.97 Å². The second kappa shape index (κ2) is 10.5. The summed E-state index contributed by atoms with van der Waals surface area (Å²) in [6, 6.07) is 0. The van der Waals surface area contributed by atoms with E-state index in [0.29, 0.717) is 13.1 Å². The van der Waals surface area contributed by atoms with Gasteiger partial charge in [0.25, 0.3) is 0 Å². The van der Waals surface area contributed by atoms with Crippen molar-refractivity contribution < 1.29 is 20.1 Å². The van der Waals surface area contributed by atoms with E-state index in [2.05, 4.69) is 0 Å². The molecule has 102 valence electrons. The Kier molecular flexibility index (Phi) is 10.1. The molecule has 0 heterocycles. The maximum Gasteiger partial charge on any atom is 0.303 e. The van der Waals surface area contributed by atoms with Gasteiger partial charge in [-0.1, -0.05) is 19.3 Å². The zero-order valence-electron chi connectivity index (χ0n) is 10.6. The van der Waals surface area contributed by atoms with Crippen molar-refractivity contribution >= 4 is 5.97 Å². The number of hydrogen-bond donors (Lipinski definition) is 3. The topological polar surface area (TPSA) is 81.0 Å². The zero-order chi connectivity index (χ0) is 13.1. The Labute approximate surface area is 103 Å². The van der Waals surface area contributed by atoms with Crippen molar-refractivity contribution in [1.29, 1.82) is 0 Å². The first-order valence-electron chi connectivity index (χ1n) is 6.25. The van der Waals surface area contributed by atoms with Crippen LogP contribution in [0.25, 0.3) is 0 Å². The van der Waals surface area contributed by atoms with Crippen LogP contribution in [0.4, 0.5) is 0 Å². The molecule has 5 nitrogen and oxygen atoms in total. The van der Waals surface area contributed by atoms with E-state index in [0.717, 1.165) is 32.1 Å². The van der Waals surface area contributed by atoms with Gasteiger partial charge in [-0.15, -0.1) is 0 Å². The van der Waals surface area contributed by atoms with E-state index in [1.54, 1.807) is 0 Å². The molecule has 0 amide bonds. The Balaban J connectivity index is 3.32. The van der Waals surface area contributed by atoms with Crippen molar-refractivity contribution in [2.24, 2.45) is 0 Å². The smallest absolute Gasteiger partial charge is 0.303 e. The number of rotatable bonds is 11. The lowest BCUT2D eigenvalue weighted by Crippen LogP contribution is -2.31. The fraction of sp³-hybridized carbons (Fsp3) is 0.917. The molecule has 0 radical (unpaired) electrons. The minimum atomic E-state index is -0.740. The van der Waals surface area contributed by atoms with Crippen LogP contribution < -0.4 is 0 Å². The number of nitrogens with zero attached hydrogens (tertiary/aromatic N) is 1. The van der Waals surface area contributed by atoms with Crippen LogP contribution in [0.2, 0.25) is 0 Å². The van der Waals surface area contributed by atoms with Crippen molar-refractivity contribution in [2.75, 3.05) is 26.7 Å². The number of likely N-dealkylation sites (N-methyl/N-ethyl adjacent to an activating group) is 1. The number of aliphatic carboxylic acids is 1. The molecule has 0 aliphatic rings. The summed E-state index contributed by atoms with van der Waals surface area (Å²) in [7, 11) is 1.87. The average molecular weight is 247 g/mol. The molecule has 17 heavy (non-hydrogen) atoms. The van der Waals surface area contributed by atoms with Gasteiger partial charge < -0.3 is 20.2 Å². The van der Waals surface area contributed by atoms with E-state index in [4.69, 9.17) is 10.2 Å². The summed E-state index contributed by atoms with van der Waals surface area (Å²) < 4.78 is 0. The molecule has 0 aliphatic carbocycles. The van der Waals surface area contributed by atoms with Crippen LogP contribution in [0, 0.1) is 0 Å². The Morgan fingerprint density at radius 2 is 1.88 bits per heavy atom. The molecule has 0 saturated heterocycles. The van der Waals surface area contributed by atoms with Gasteiger partial charge in [0.15, 0.2) is 0 Å².